The average Bonchev–Trinajstić information content (AvgIpc) is 2.82. The molecule has 4 amide bonds. The van der Waals surface area contributed by atoms with Crippen LogP contribution in [0.25, 0.3) is 0 Å². The van der Waals surface area contributed by atoms with E-state index in [1.54, 1.807) is 0 Å². The smallest absolute Gasteiger partial charge is 0.249 e. The molecule has 5 atom stereocenters. The van der Waals surface area contributed by atoms with Crippen LogP contribution in [-0.4, -0.2) is 40.6 Å². The van der Waals surface area contributed by atoms with Gasteiger partial charge in [-0.15, -0.1) is 0 Å². The lowest BCUT2D eigenvalue weighted by molar-refractivity contribution is -0.151. The Morgan fingerprint density at radius 2 is 1.72 bits per heavy atom. The highest BCUT2D eigenvalue weighted by Crippen LogP contribution is 2.53. The Morgan fingerprint density at radius 3 is 2.44 bits per heavy atom. The van der Waals surface area contributed by atoms with Gasteiger partial charge in [0, 0.05) is 12.5 Å². The van der Waals surface area contributed by atoms with Crippen molar-refractivity contribution < 1.29 is 19.2 Å². The van der Waals surface area contributed by atoms with E-state index in [0.29, 0.717) is 12.8 Å². The molecule has 0 bridgehead atoms. The third kappa shape index (κ3) is 2.51. The summed E-state index contributed by atoms with van der Waals surface area (Å²) in [6, 6.07) is -0.742. The van der Waals surface area contributed by atoms with E-state index < -0.39 is 11.9 Å². The summed E-state index contributed by atoms with van der Waals surface area (Å²) in [6.45, 7) is 0. The number of imide groups is 2. The molecule has 2 aliphatic heterocycles. The van der Waals surface area contributed by atoms with E-state index in [4.69, 9.17) is 5.73 Å². The number of piperidine rings is 1. The molecule has 2 aliphatic carbocycles. The molecule has 7 nitrogen and oxygen atoms in total. The largest absolute Gasteiger partial charge is 0.327 e. The van der Waals surface area contributed by atoms with Crippen LogP contribution in [0, 0.1) is 17.3 Å². The number of hydrogen-bond donors (Lipinski definition) is 2. The van der Waals surface area contributed by atoms with Crippen LogP contribution < -0.4 is 11.1 Å². The monoisotopic (exact) mass is 347 g/mol. The Kier molecular flexibility index (Phi) is 3.94. The molecule has 3 N–H and O–H groups in total. The third-order valence-corrected chi connectivity index (χ3v) is 6.92. The summed E-state index contributed by atoms with van der Waals surface area (Å²) < 4.78 is 0. The second kappa shape index (κ2) is 5.90. The zero-order valence-corrected chi connectivity index (χ0v) is 14.3. The molecular formula is C18H25N3O4. The molecule has 2 heterocycles. The maximum Gasteiger partial charge on any atom is 0.249 e. The zero-order chi connectivity index (χ0) is 17.8. The molecule has 0 aromatic carbocycles. The molecule has 1 spiro atoms. The highest BCUT2D eigenvalue weighted by Gasteiger charge is 2.57. The second-order valence-corrected chi connectivity index (χ2v) is 8.18. The molecule has 4 fully saturated rings. The number of hydrogen-bond acceptors (Lipinski definition) is 5. The average molecular weight is 347 g/mol. The molecule has 0 aromatic rings. The maximum absolute atomic E-state index is 13.0. The number of nitrogens with one attached hydrogen (secondary N) is 1. The Balaban J connectivity index is 1.57. The molecule has 4 rings (SSSR count). The summed E-state index contributed by atoms with van der Waals surface area (Å²) in [5.41, 5.74) is 6.38. The fourth-order valence-corrected chi connectivity index (χ4v) is 5.48. The standard InChI is InChI=1S/C18H25N3O4/c19-13-3-1-2-7-18(13)8-6-10-11(9-18)17(25)21(16(10)24)12-4-5-14(22)20-15(12)23/h10-13H,1-9,19H2,(H,20,22,23). The van der Waals surface area contributed by atoms with Gasteiger partial charge in [-0.1, -0.05) is 12.8 Å². The second-order valence-electron chi connectivity index (χ2n) is 8.18. The van der Waals surface area contributed by atoms with Gasteiger partial charge >= 0.3 is 0 Å². The van der Waals surface area contributed by atoms with Gasteiger partial charge in [-0.2, -0.15) is 0 Å². The summed E-state index contributed by atoms with van der Waals surface area (Å²) in [5, 5.41) is 2.25. The highest BCUT2D eigenvalue weighted by atomic mass is 16.2. The minimum atomic E-state index is -0.834. The van der Waals surface area contributed by atoms with Crippen LogP contribution in [0.2, 0.25) is 0 Å². The molecule has 5 unspecified atom stereocenters. The van der Waals surface area contributed by atoms with Crippen LogP contribution in [0.15, 0.2) is 0 Å². The first-order chi connectivity index (χ1) is 11.9. The first-order valence-electron chi connectivity index (χ1n) is 9.39. The summed E-state index contributed by atoms with van der Waals surface area (Å²) in [6.07, 6.45) is 6.88. The molecule has 2 saturated heterocycles. The minimum Gasteiger partial charge on any atom is -0.327 e. The molecule has 2 saturated carbocycles. The summed E-state index contributed by atoms with van der Waals surface area (Å²) in [7, 11) is 0. The van der Waals surface area contributed by atoms with Crippen molar-refractivity contribution in [3.8, 4) is 0 Å². The van der Waals surface area contributed by atoms with Gasteiger partial charge in [-0.3, -0.25) is 29.4 Å². The third-order valence-electron chi connectivity index (χ3n) is 6.92. The van der Waals surface area contributed by atoms with Crippen molar-refractivity contribution in [2.24, 2.45) is 23.0 Å². The van der Waals surface area contributed by atoms with E-state index >= 15 is 0 Å². The van der Waals surface area contributed by atoms with Crippen molar-refractivity contribution in [2.75, 3.05) is 0 Å². The van der Waals surface area contributed by atoms with Gasteiger partial charge in [0.25, 0.3) is 0 Å². The molecular weight excluding hydrogens is 322 g/mol. The van der Waals surface area contributed by atoms with Crippen LogP contribution in [0.1, 0.15) is 57.8 Å². The van der Waals surface area contributed by atoms with E-state index in [-0.39, 0.29) is 53.9 Å². The number of nitrogens with zero attached hydrogens (tertiary/aromatic N) is 1. The predicted octanol–water partition coefficient (Wildman–Crippen LogP) is 0.464. The van der Waals surface area contributed by atoms with Crippen LogP contribution >= 0.6 is 0 Å². The number of amides is 4. The Morgan fingerprint density at radius 1 is 0.960 bits per heavy atom. The molecule has 7 heteroatoms. The lowest BCUT2D eigenvalue weighted by Gasteiger charge is -2.47. The number of carbonyl (C=O) groups excluding carboxylic acids is 4. The molecule has 4 aliphatic rings. The first kappa shape index (κ1) is 16.7. The van der Waals surface area contributed by atoms with Crippen LogP contribution in [0.4, 0.5) is 0 Å². The van der Waals surface area contributed by atoms with Crippen LogP contribution in [-0.2, 0) is 19.2 Å². The Labute approximate surface area is 146 Å². The van der Waals surface area contributed by atoms with E-state index in [1.807, 2.05) is 0 Å². The quantitative estimate of drug-likeness (QED) is 0.670. The normalized spacial score (nSPS) is 41.9. The van der Waals surface area contributed by atoms with Gasteiger partial charge in [0.05, 0.1) is 11.8 Å². The fourth-order valence-electron chi connectivity index (χ4n) is 5.48. The Hall–Kier alpha value is -1.76. The first-order valence-corrected chi connectivity index (χ1v) is 9.39. The van der Waals surface area contributed by atoms with Gasteiger partial charge in [-0.25, -0.2) is 0 Å². The number of carbonyl (C=O) groups is 4. The summed E-state index contributed by atoms with van der Waals surface area (Å²) in [4.78, 5) is 50.5. The molecule has 0 aromatic heterocycles. The van der Waals surface area contributed by atoms with Crippen molar-refractivity contribution in [1.29, 1.82) is 0 Å². The molecule has 0 radical (unpaired) electrons. The number of nitrogens with two attached hydrogens (primary N) is 1. The zero-order valence-electron chi connectivity index (χ0n) is 14.3. The number of rotatable bonds is 1. The molecule has 25 heavy (non-hydrogen) atoms. The van der Waals surface area contributed by atoms with Gasteiger partial charge in [0.2, 0.25) is 23.6 Å². The summed E-state index contributed by atoms with van der Waals surface area (Å²) >= 11 is 0. The van der Waals surface area contributed by atoms with E-state index in [0.717, 1.165) is 37.0 Å². The van der Waals surface area contributed by atoms with Crippen molar-refractivity contribution in [1.82, 2.24) is 10.2 Å². The van der Waals surface area contributed by atoms with Gasteiger partial charge in [0.15, 0.2) is 0 Å². The van der Waals surface area contributed by atoms with Gasteiger partial charge in [-0.05, 0) is 43.9 Å². The van der Waals surface area contributed by atoms with Crippen molar-refractivity contribution in [2.45, 2.75) is 69.9 Å². The topological polar surface area (TPSA) is 110 Å². The fraction of sp³-hybridized carbons (Fsp3) is 0.778. The minimum absolute atomic E-state index is 0.0316. The predicted molar refractivity (Wildman–Crippen MR) is 87.7 cm³/mol. The van der Waals surface area contributed by atoms with Crippen LogP contribution in [0.3, 0.4) is 0 Å². The lowest BCUT2D eigenvalue weighted by atomic mass is 9.58. The van der Waals surface area contributed by atoms with E-state index in [1.165, 1.54) is 0 Å². The number of fused-ring (bicyclic) bond motifs is 1. The van der Waals surface area contributed by atoms with Gasteiger partial charge < -0.3 is 5.73 Å². The molecule has 136 valence electrons. The van der Waals surface area contributed by atoms with Gasteiger partial charge in [0.1, 0.15) is 6.04 Å². The van der Waals surface area contributed by atoms with E-state index in [2.05, 4.69) is 5.32 Å². The maximum atomic E-state index is 13.0. The Bertz CT molecular complexity index is 648. The van der Waals surface area contributed by atoms with E-state index in [9.17, 15) is 19.2 Å². The van der Waals surface area contributed by atoms with Crippen LogP contribution in [0.5, 0.6) is 0 Å². The number of likely N-dealkylation sites (tertiary alicyclic amines) is 1. The lowest BCUT2D eigenvalue weighted by Crippen LogP contribution is -2.54. The summed E-state index contributed by atoms with van der Waals surface area (Å²) in [5.74, 6) is -2.01. The SMILES string of the molecule is NC1CCCCC12CCC1C(=O)N(C3CCC(=O)NC3=O)C(=O)C1C2. The van der Waals surface area contributed by atoms with Crippen molar-refractivity contribution in [3.63, 3.8) is 0 Å². The van der Waals surface area contributed by atoms with Crippen molar-refractivity contribution in [3.05, 3.63) is 0 Å². The van der Waals surface area contributed by atoms with Crippen molar-refractivity contribution >= 4 is 23.6 Å². The highest BCUT2D eigenvalue weighted by molar-refractivity contribution is 6.10.